The molecule has 1 rings (SSSR count). The lowest BCUT2D eigenvalue weighted by Crippen LogP contribution is -2.21. The molecule has 0 amide bonds. The summed E-state index contributed by atoms with van der Waals surface area (Å²) in [5, 5.41) is 0.627. The van der Waals surface area contributed by atoms with Crippen LogP contribution in [0.4, 0.5) is 0 Å². The van der Waals surface area contributed by atoms with Crippen LogP contribution in [-0.2, 0) is 6.42 Å². The second-order valence-corrected chi connectivity index (χ2v) is 4.11. The number of hydrogen-bond donors (Lipinski definition) is 1. The fraction of sp³-hybridized carbons (Fsp3) is 0.385. The molecule has 0 aromatic heterocycles. The summed E-state index contributed by atoms with van der Waals surface area (Å²) in [6, 6.07) is 5.88. The number of para-hydroxylation sites is 1. The Balaban J connectivity index is 2.88. The Hall–Kier alpha value is -0.990. The Morgan fingerprint density at radius 1 is 1.56 bits per heavy atom. The number of benzene rings is 1. The highest BCUT2D eigenvalue weighted by Gasteiger charge is 2.10. The molecule has 0 aliphatic rings. The van der Waals surface area contributed by atoms with E-state index in [-0.39, 0.29) is 6.04 Å². The molecule has 2 N–H and O–H groups in total. The Morgan fingerprint density at radius 3 is 2.94 bits per heavy atom. The molecule has 0 radical (unpaired) electrons. The van der Waals surface area contributed by atoms with Gasteiger partial charge in [0.15, 0.2) is 0 Å². The Labute approximate surface area is 102 Å². The Bertz CT molecular complexity index is 352. The van der Waals surface area contributed by atoms with Gasteiger partial charge in [-0.2, -0.15) is 0 Å². The minimum absolute atomic E-state index is 0.143. The number of nitrogens with two attached hydrogens (primary N) is 1. The van der Waals surface area contributed by atoms with Crippen molar-refractivity contribution in [2.24, 2.45) is 5.73 Å². The first-order valence-electron chi connectivity index (χ1n) is 5.45. The van der Waals surface area contributed by atoms with Crippen LogP contribution in [0.15, 0.2) is 30.9 Å². The van der Waals surface area contributed by atoms with Crippen molar-refractivity contribution in [3.8, 4) is 5.75 Å². The van der Waals surface area contributed by atoms with Gasteiger partial charge < -0.3 is 10.5 Å². The molecule has 0 aliphatic heterocycles. The predicted octanol–water partition coefficient (Wildman–Crippen LogP) is 3.18. The van der Waals surface area contributed by atoms with Gasteiger partial charge in [-0.15, -0.1) is 0 Å². The quantitative estimate of drug-likeness (QED) is 0.774. The molecule has 1 atom stereocenters. The largest absolute Gasteiger partial charge is 0.488 e. The van der Waals surface area contributed by atoms with Crippen molar-refractivity contribution in [3.05, 3.63) is 41.4 Å². The number of ether oxygens (including phenoxy) is 1. The fourth-order valence-electron chi connectivity index (χ4n) is 1.44. The van der Waals surface area contributed by atoms with Crippen LogP contribution in [0.1, 0.15) is 18.9 Å². The summed E-state index contributed by atoms with van der Waals surface area (Å²) in [7, 11) is 0. The lowest BCUT2D eigenvalue weighted by atomic mass is 10.0. The van der Waals surface area contributed by atoms with Crippen molar-refractivity contribution in [2.45, 2.75) is 25.8 Å². The topological polar surface area (TPSA) is 35.2 Å². The maximum Gasteiger partial charge on any atom is 0.141 e. The molecule has 16 heavy (non-hydrogen) atoms. The van der Waals surface area contributed by atoms with Crippen LogP contribution in [0, 0.1) is 0 Å². The first-order chi connectivity index (χ1) is 7.69. The minimum atomic E-state index is 0.143. The molecule has 2 nitrogen and oxygen atoms in total. The van der Waals surface area contributed by atoms with Gasteiger partial charge in [0.2, 0.25) is 0 Å². The van der Waals surface area contributed by atoms with E-state index in [1.165, 1.54) is 0 Å². The average molecular weight is 240 g/mol. The van der Waals surface area contributed by atoms with Gasteiger partial charge in [-0.25, -0.2) is 0 Å². The van der Waals surface area contributed by atoms with Gasteiger partial charge >= 0.3 is 0 Å². The maximum absolute atomic E-state index is 6.09. The molecule has 0 bridgehead atoms. The number of hydrogen-bond acceptors (Lipinski definition) is 2. The lowest BCUT2D eigenvalue weighted by molar-refractivity contribution is 0.358. The summed E-state index contributed by atoms with van der Waals surface area (Å²) in [6.45, 7) is 6.14. The lowest BCUT2D eigenvalue weighted by Gasteiger charge is -2.14. The van der Waals surface area contributed by atoms with E-state index in [2.05, 4.69) is 13.5 Å². The van der Waals surface area contributed by atoms with E-state index in [4.69, 9.17) is 22.1 Å². The van der Waals surface area contributed by atoms with Gasteiger partial charge in [0.25, 0.3) is 0 Å². The molecule has 0 heterocycles. The van der Waals surface area contributed by atoms with Crippen LogP contribution < -0.4 is 10.5 Å². The summed E-state index contributed by atoms with van der Waals surface area (Å²) < 4.78 is 5.56. The third kappa shape index (κ3) is 3.54. The molecule has 3 heteroatoms. The second-order valence-electron chi connectivity index (χ2n) is 3.70. The van der Waals surface area contributed by atoms with Gasteiger partial charge in [-0.3, -0.25) is 0 Å². The predicted molar refractivity (Wildman–Crippen MR) is 69.1 cm³/mol. The molecule has 1 unspecified atom stereocenters. The SMILES string of the molecule is C=CCOc1c(Cl)cccc1CC(N)CC. The summed E-state index contributed by atoms with van der Waals surface area (Å²) in [4.78, 5) is 0. The van der Waals surface area contributed by atoms with E-state index in [1.54, 1.807) is 6.08 Å². The highest BCUT2D eigenvalue weighted by molar-refractivity contribution is 6.32. The normalized spacial score (nSPS) is 12.2. The smallest absolute Gasteiger partial charge is 0.141 e. The van der Waals surface area contributed by atoms with Crippen molar-refractivity contribution in [3.63, 3.8) is 0 Å². The molecule has 0 spiro atoms. The van der Waals surface area contributed by atoms with Crippen molar-refractivity contribution in [2.75, 3.05) is 6.61 Å². The van der Waals surface area contributed by atoms with E-state index in [9.17, 15) is 0 Å². The molecule has 0 saturated carbocycles. The molecule has 1 aromatic carbocycles. The highest BCUT2D eigenvalue weighted by atomic mass is 35.5. The molecular weight excluding hydrogens is 222 g/mol. The zero-order chi connectivity index (χ0) is 12.0. The summed E-state index contributed by atoms with van der Waals surface area (Å²) >= 11 is 6.09. The van der Waals surface area contributed by atoms with Crippen molar-refractivity contribution < 1.29 is 4.74 Å². The first kappa shape index (κ1) is 13.1. The van der Waals surface area contributed by atoms with Gasteiger partial charge in [-0.1, -0.05) is 43.3 Å². The van der Waals surface area contributed by atoms with E-state index < -0.39 is 0 Å². The maximum atomic E-state index is 6.09. The standard InChI is InChI=1S/C13H18ClNO/c1-3-8-16-13-10(9-11(15)4-2)6-5-7-12(13)14/h3,5-7,11H,1,4,8-9,15H2,2H3. The van der Waals surface area contributed by atoms with Crippen LogP contribution in [-0.4, -0.2) is 12.6 Å². The van der Waals surface area contributed by atoms with Gasteiger partial charge in [0, 0.05) is 6.04 Å². The van der Waals surface area contributed by atoms with Crippen molar-refractivity contribution in [1.82, 2.24) is 0 Å². The molecule has 0 fully saturated rings. The summed E-state index contributed by atoms with van der Waals surface area (Å²) in [5.74, 6) is 0.730. The second kappa shape index (κ2) is 6.56. The van der Waals surface area contributed by atoms with Gasteiger partial charge in [-0.05, 0) is 24.5 Å². The third-order valence-electron chi connectivity index (χ3n) is 2.40. The molecule has 0 saturated heterocycles. The highest BCUT2D eigenvalue weighted by Crippen LogP contribution is 2.29. The monoisotopic (exact) mass is 239 g/mol. The van der Waals surface area contributed by atoms with Crippen molar-refractivity contribution >= 4 is 11.6 Å². The summed E-state index contributed by atoms with van der Waals surface area (Å²) in [6.07, 6.45) is 3.42. The molecule has 1 aromatic rings. The van der Waals surface area contributed by atoms with E-state index >= 15 is 0 Å². The van der Waals surface area contributed by atoms with E-state index in [1.807, 2.05) is 18.2 Å². The van der Waals surface area contributed by atoms with E-state index in [0.717, 1.165) is 24.2 Å². The third-order valence-corrected chi connectivity index (χ3v) is 2.70. The molecule has 0 aliphatic carbocycles. The molecular formula is C13H18ClNO. The minimum Gasteiger partial charge on any atom is -0.488 e. The molecule has 88 valence electrons. The summed E-state index contributed by atoms with van der Waals surface area (Å²) in [5.41, 5.74) is 6.99. The zero-order valence-electron chi connectivity index (χ0n) is 9.58. The number of rotatable bonds is 6. The van der Waals surface area contributed by atoms with Crippen LogP contribution in [0.25, 0.3) is 0 Å². The van der Waals surface area contributed by atoms with Crippen LogP contribution in [0.3, 0.4) is 0 Å². The zero-order valence-corrected chi connectivity index (χ0v) is 10.3. The van der Waals surface area contributed by atoms with Crippen LogP contribution >= 0.6 is 11.6 Å². The fourth-order valence-corrected chi connectivity index (χ4v) is 1.69. The number of halogens is 1. The van der Waals surface area contributed by atoms with Gasteiger partial charge in [0.05, 0.1) is 5.02 Å². The Kier molecular flexibility index (Phi) is 5.36. The van der Waals surface area contributed by atoms with E-state index in [0.29, 0.717) is 11.6 Å². The van der Waals surface area contributed by atoms with Gasteiger partial charge in [0.1, 0.15) is 12.4 Å². The average Bonchev–Trinajstić information content (AvgIpc) is 2.28. The van der Waals surface area contributed by atoms with Crippen LogP contribution in [0.2, 0.25) is 5.02 Å². The first-order valence-corrected chi connectivity index (χ1v) is 5.83. The van der Waals surface area contributed by atoms with Crippen molar-refractivity contribution in [1.29, 1.82) is 0 Å². The Morgan fingerprint density at radius 2 is 2.31 bits per heavy atom. The van der Waals surface area contributed by atoms with Crippen LogP contribution in [0.5, 0.6) is 5.75 Å².